The van der Waals surface area contributed by atoms with Crippen molar-refractivity contribution in [2.75, 3.05) is 24.7 Å². The van der Waals surface area contributed by atoms with Gasteiger partial charge in [-0.2, -0.15) is 5.10 Å². The van der Waals surface area contributed by atoms with Crippen molar-refractivity contribution in [2.45, 2.75) is 131 Å². The minimum absolute atomic E-state index is 0.0408. The average Bonchev–Trinajstić information content (AvgIpc) is 3.41. The molecule has 1 unspecified atom stereocenters. The smallest absolute Gasteiger partial charge is 0.312 e. The van der Waals surface area contributed by atoms with Crippen LogP contribution < -0.4 is 11.1 Å². The van der Waals surface area contributed by atoms with Gasteiger partial charge in [-0.05, 0) is 127 Å². The van der Waals surface area contributed by atoms with E-state index >= 15 is 0 Å². The molecular formula is C41H61N5O2. The van der Waals surface area contributed by atoms with Crippen LogP contribution in [-0.4, -0.2) is 34.8 Å². The molecule has 2 aromatic heterocycles. The molecule has 0 spiro atoms. The van der Waals surface area contributed by atoms with Crippen LogP contribution in [-0.2, 0) is 21.4 Å². The van der Waals surface area contributed by atoms with Gasteiger partial charge in [-0.15, -0.1) is 0 Å². The first-order chi connectivity index (χ1) is 22.6. The van der Waals surface area contributed by atoms with Gasteiger partial charge in [-0.3, -0.25) is 9.89 Å². The van der Waals surface area contributed by atoms with Gasteiger partial charge >= 0.3 is 5.97 Å². The number of nitrogens with zero attached hydrogens (tertiary/aromatic N) is 2. The summed E-state index contributed by atoms with van der Waals surface area (Å²) in [6.45, 7) is 20.2. The summed E-state index contributed by atoms with van der Waals surface area (Å²) in [6.07, 6.45) is 13.3. The molecule has 0 aromatic carbocycles. The predicted octanol–water partition coefficient (Wildman–Crippen LogP) is 9.11. The van der Waals surface area contributed by atoms with Crippen molar-refractivity contribution in [1.29, 1.82) is 0 Å². The largest absolute Gasteiger partial charge is 0.465 e. The number of nitrogen functional groups attached to an aromatic ring is 1. The summed E-state index contributed by atoms with van der Waals surface area (Å²) in [5, 5.41) is 11.2. The number of nitrogens with two attached hydrogens (primary N) is 1. The first-order valence-corrected chi connectivity index (χ1v) is 19.0. The summed E-state index contributed by atoms with van der Waals surface area (Å²) >= 11 is 0. The van der Waals surface area contributed by atoms with Crippen LogP contribution in [0.1, 0.15) is 136 Å². The minimum Gasteiger partial charge on any atom is -0.465 e. The van der Waals surface area contributed by atoms with E-state index < -0.39 is 5.41 Å². The van der Waals surface area contributed by atoms with Crippen molar-refractivity contribution in [3.8, 4) is 0 Å². The number of esters is 1. The fraction of sp³-hybridized carbons (Fsp3) is 0.732. The molecule has 0 amide bonds. The van der Waals surface area contributed by atoms with Gasteiger partial charge in [-0.1, -0.05) is 67.4 Å². The van der Waals surface area contributed by atoms with Crippen LogP contribution in [0.4, 0.5) is 11.6 Å². The second kappa shape index (κ2) is 11.1. The lowest BCUT2D eigenvalue weighted by atomic mass is 9.33. The first-order valence-electron chi connectivity index (χ1n) is 19.0. The van der Waals surface area contributed by atoms with Crippen LogP contribution in [0.15, 0.2) is 23.9 Å². The normalized spacial score (nSPS) is 37.7. The Morgan fingerprint density at radius 2 is 1.79 bits per heavy atom. The summed E-state index contributed by atoms with van der Waals surface area (Å²) in [5.41, 5.74) is 13.0. The van der Waals surface area contributed by atoms with E-state index in [0.717, 1.165) is 63.6 Å². The Bertz CT molecular complexity index is 1620. The number of hydrogen-bond acceptors (Lipinski definition) is 6. The fourth-order valence-electron chi connectivity index (χ4n) is 12.6. The lowest BCUT2D eigenvalue weighted by molar-refractivity contribution is -0.180. The van der Waals surface area contributed by atoms with E-state index in [0.29, 0.717) is 24.3 Å². The van der Waals surface area contributed by atoms with Crippen molar-refractivity contribution in [2.24, 2.45) is 44.8 Å². The number of allylic oxidation sites excluding steroid dienone is 2. The summed E-state index contributed by atoms with van der Waals surface area (Å²) < 4.78 is 6.21. The number of ether oxygens (including phenoxy) is 1. The van der Waals surface area contributed by atoms with Crippen molar-refractivity contribution in [3.63, 3.8) is 0 Å². The van der Waals surface area contributed by atoms with Crippen molar-refractivity contribution in [3.05, 3.63) is 40.7 Å². The number of aromatic nitrogens is 3. The molecule has 0 saturated heterocycles. The lowest BCUT2D eigenvalue weighted by Crippen LogP contribution is -2.65. The molecular weight excluding hydrogens is 594 g/mol. The van der Waals surface area contributed by atoms with Crippen molar-refractivity contribution in [1.82, 2.24) is 15.2 Å². The monoisotopic (exact) mass is 655 g/mol. The second-order valence-electron chi connectivity index (χ2n) is 18.6. The molecule has 2 aromatic rings. The number of carbonyl (C=O) groups excluding carboxylic acids is 1. The Morgan fingerprint density at radius 1 is 1.04 bits per heavy atom. The maximum Gasteiger partial charge on any atom is 0.312 e. The van der Waals surface area contributed by atoms with Gasteiger partial charge in [0.05, 0.1) is 12.0 Å². The quantitative estimate of drug-likeness (QED) is 0.212. The highest BCUT2D eigenvalue weighted by atomic mass is 16.5. The number of unbranched alkanes of at least 4 members (excludes halogenated alkanes) is 1. The van der Waals surface area contributed by atoms with E-state index in [1.807, 2.05) is 7.05 Å². The Hall–Kier alpha value is -2.83. The number of nitrogens with one attached hydrogen (secondary N) is 2. The molecule has 3 saturated carbocycles. The molecule has 262 valence electrons. The zero-order chi connectivity index (χ0) is 34.5. The second-order valence-corrected chi connectivity index (χ2v) is 18.6. The van der Waals surface area contributed by atoms with Gasteiger partial charge in [0, 0.05) is 29.9 Å². The first kappa shape index (κ1) is 33.7. The SMILES string of the molecule is CCCCOC(=O)[C@]12CCC(C)(C)C[C@H]1C1=C(c3ccc(NC)nc3)CC3[C@@]4(C)Cc5c(N)n[nH]c5C(C)(C)[C@@H]4CC[C@@]3(C)[C@]1(C)CC2. The number of pyridine rings is 1. The maximum atomic E-state index is 14.5. The number of anilines is 2. The van der Waals surface area contributed by atoms with Crippen LogP contribution in [0.5, 0.6) is 0 Å². The molecule has 0 bridgehead atoms. The fourth-order valence-corrected chi connectivity index (χ4v) is 12.6. The Balaban J connectivity index is 1.44. The Morgan fingerprint density at radius 3 is 2.48 bits per heavy atom. The number of hydrogen-bond donors (Lipinski definition) is 3. The third kappa shape index (κ3) is 4.53. The van der Waals surface area contributed by atoms with E-state index in [4.69, 9.17) is 15.5 Å². The Kier molecular flexibility index (Phi) is 7.77. The molecule has 2 heterocycles. The molecule has 0 aliphatic heterocycles. The lowest BCUT2D eigenvalue weighted by Gasteiger charge is -2.71. The molecule has 0 radical (unpaired) electrons. The summed E-state index contributed by atoms with van der Waals surface area (Å²) in [6, 6.07) is 4.41. The van der Waals surface area contributed by atoms with Crippen LogP contribution in [0.2, 0.25) is 0 Å². The van der Waals surface area contributed by atoms with Crippen LogP contribution in [0.25, 0.3) is 5.57 Å². The molecule has 7 atom stereocenters. The van der Waals surface area contributed by atoms with E-state index in [-0.39, 0.29) is 39.0 Å². The van der Waals surface area contributed by atoms with E-state index in [2.05, 4.69) is 89.2 Å². The topological polar surface area (TPSA) is 106 Å². The summed E-state index contributed by atoms with van der Waals surface area (Å²) in [5.74, 6) is 2.73. The van der Waals surface area contributed by atoms with Gasteiger partial charge in [0.15, 0.2) is 0 Å². The van der Waals surface area contributed by atoms with Crippen LogP contribution in [0.3, 0.4) is 0 Å². The van der Waals surface area contributed by atoms with Gasteiger partial charge in [-0.25, -0.2) is 4.98 Å². The maximum absolute atomic E-state index is 14.5. The molecule has 5 aliphatic rings. The number of rotatable bonds is 6. The molecule has 3 fully saturated rings. The van der Waals surface area contributed by atoms with Crippen molar-refractivity contribution >= 4 is 23.2 Å². The molecule has 48 heavy (non-hydrogen) atoms. The third-order valence-electron chi connectivity index (χ3n) is 15.5. The van der Waals surface area contributed by atoms with E-state index in [9.17, 15) is 4.79 Å². The highest BCUT2D eigenvalue weighted by molar-refractivity contribution is 5.81. The zero-order valence-electron chi connectivity index (χ0n) is 31.2. The standard InChI is InChI=1S/C41H61N5O2/c1-10-11-20-48-35(47)41-18-16-36(2,3)23-28(41)32-26(25-12-13-31(43-9)44-24-25)21-30-38(6)22-27-33(45-46-34(27)42)37(4,5)29(38)14-15-39(30,7)40(32,8)17-19-41/h12-13,24,28-30H,10-11,14-23H2,1-9H3,(H,43,44)(H3,42,45,46)/t28-,29-,30?,38-,39+,40+,41-/m0/s1. The number of fused-ring (bicyclic) bond motifs is 8. The number of aromatic amines is 1. The summed E-state index contributed by atoms with van der Waals surface area (Å²) in [4.78, 5) is 19.3. The molecule has 7 nitrogen and oxygen atoms in total. The third-order valence-corrected chi connectivity index (χ3v) is 15.5. The highest BCUT2D eigenvalue weighted by Gasteiger charge is 2.70. The number of H-pyrrole nitrogens is 1. The van der Waals surface area contributed by atoms with E-state index in [1.54, 1.807) is 5.57 Å². The van der Waals surface area contributed by atoms with Crippen molar-refractivity contribution < 1.29 is 9.53 Å². The van der Waals surface area contributed by atoms with Gasteiger partial charge < -0.3 is 15.8 Å². The molecule has 5 aliphatic carbocycles. The van der Waals surface area contributed by atoms with Gasteiger partial charge in [0.25, 0.3) is 0 Å². The van der Waals surface area contributed by atoms with Crippen LogP contribution >= 0.6 is 0 Å². The van der Waals surface area contributed by atoms with E-state index in [1.165, 1.54) is 35.2 Å². The highest BCUT2D eigenvalue weighted by Crippen LogP contribution is 2.77. The van der Waals surface area contributed by atoms with Gasteiger partial charge in [0.2, 0.25) is 0 Å². The number of carbonyl (C=O) groups is 1. The average molecular weight is 656 g/mol. The van der Waals surface area contributed by atoms with Gasteiger partial charge in [0.1, 0.15) is 11.6 Å². The molecule has 4 N–H and O–H groups in total. The minimum atomic E-state index is -0.459. The molecule has 7 heteroatoms. The Labute approximate surface area is 289 Å². The molecule has 7 rings (SSSR count). The van der Waals surface area contributed by atoms with Crippen LogP contribution in [0, 0.1) is 44.8 Å². The summed E-state index contributed by atoms with van der Waals surface area (Å²) in [7, 11) is 1.93. The predicted molar refractivity (Wildman–Crippen MR) is 194 cm³/mol. The zero-order valence-corrected chi connectivity index (χ0v) is 31.2.